The van der Waals surface area contributed by atoms with E-state index in [9.17, 15) is 19.2 Å². The number of amides is 1. The molecule has 0 bridgehead atoms. The number of aliphatic carboxylic acids is 1. The first kappa shape index (κ1) is 39.5. The molecule has 0 saturated heterocycles. The molecule has 1 amide bonds. The predicted octanol–water partition coefficient (Wildman–Crippen LogP) is 9.55. The minimum atomic E-state index is -1.26. The Labute approximate surface area is 299 Å². The van der Waals surface area contributed by atoms with Crippen molar-refractivity contribution >= 4 is 105 Å². The second-order valence-electron chi connectivity index (χ2n) is 9.34. The number of hydrogen-bond donors (Lipinski definition) is 5. The van der Waals surface area contributed by atoms with Crippen molar-refractivity contribution < 1.29 is 34.5 Å². The first-order chi connectivity index (χ1) is 22.1. The minimum Gasteiger partial charge on any atom is -0.481 e. The SMILES string of the molecule is Nc1ccc(Cl)c(C(=O)O)c1Cl.O=C(CCc1ccccc1Cl)Nc1ccc(Cl)c(C(=O)O)c1Cl.O=C(O)CCc1ccccc1Cl. The Balaban J connectivity index is 0.000000270. The van der Waals surface area contributed by atoms with Crippen LogP contribution in [0.5, 0.6) is 0 Å². The normalized spacial score (nSPS) is 10.1. The highest BCUT2D eigenvalue weighted by molar-refractivity contribution is 6.41. The van der Waals surface area contributed by atoms with Gasteiger partial charge in [0.2, 0.25) is 5.91 Å². The molecule has 4 aromatic carbocycles. The summed E-state index contributed by atoms with van der Waals surface area (Å²) >= 11 is 34.8. The number of carbonyl (C=O) groups is 4. The number of carbonyl (C=O) groups excluding carboxylic acids is 1. The van der Waals surface area contributed by atoms with Crippen molar-refractivity contribution in [1.82, 2.24) is 0 Å². The van der Waals surface area contributed by atoms with Crippen LogP contribution in [-0.4, -0.2) is 39.1 Å². The molecule has 0 fully saturated rings. The molecule has 0 atom stereocenters. The molecule has 0 heterocycles. The summed E-state index contributed by atoms with van der Waals surface area (Å²) in [7, 11) is 0. The van der Waals surface area contributed by atoms with E-state index in [1.165, 1.54) is 24.3 Å². The number of aryl methyl sites for hydroxylation is 2. The van der Waals surface area contributed by atoms with E-state index >= 15 is 0 Å². The lowest BCUT2D eigenvalue weighted by atomic mass is 10.1. The minimum absolute atomic E-state index is 0.0107. The molecule has 248 valence electrons. The topological polar surface area (TPSA) is 167 Å². The van der Waals surface area contributed by atoms with Crippen LogP contribution in [0.25, 0.3) is 0 Å². The standard InChI is InChI=1S/C16H12Cl3NO3.C9H9ClO2.C7H5Cl2NO2/c17-10-4-2-1-3-9(10)5-8-13(21)20-12-7-6-11(18)14(15(12)19)16(22)23;10-8-4-2-1-3-7(8)5-6-9(11)12;8-3-1-2-4(10)6(9)5(3)7(11)12/h1-4,6-7H,5,8H2,(H,20,21)(H,22,23);1-4H,5-6H2,(H,11,12);1-2H,10H2,(H,11,12). The van der Waals surface area contributed by atoms with Crippen molar-refractivity contribution in [1.29, 1.82) is 0 Å². The largest absolute Gasteiger partial charge is 0.481 e. The Hall–Kier alpha value is -3.70. The molecule has 0 saturated carbocycles. The van der Waals surface area contributed by atoms with Crippen LogP contribution in [0.4, 0.5) is 11.4 Å². The number of anilines is 2. The number of aromatic carboxylic acids is 2. The first-order valence-electron chi connectivity index (χ1n) is 13.3. The van der Waals surface area contributed by atoms with Gasteiger partial charge in [0.05, 0.1) is 42.6 Å². The molecule has 0 radical (unpaired) electrons. The van der Waals surface area contributed by atoms with E-state index in [4.69, 9.17) is 90.7 Å². The molecule has 4 aromatic rings. The van der Waals surface area contributed by atoms with Crippen LogP contribution in [0.15, 0.2) is 72.8 Å². The highest BCUT2D eigenvalue weighted by atomic mass is 35.5. The Morgan fingerprint density at radius 2 is 1.02 bits per heavy atom. The predicted molar refractivity (Wildman–Crippen MR) is 187 cm³/mol. The monoisotopic (exact) mass is 760 g/mol. The summed E-state index contributed by atoms with van der Waals surface area (Å²) in [5.74, 6) is -3.54. The number of benzene rings is 4. The molecule has 4 rings (SSSR count). The molecule has 9 nitrogen and oxygen atoms in total. The molecule has 0 aromatic heterocycles. The van der Waals surface area contributed by atoms with Gasteiger partial charge in [0.1, 0.15) is 0 Å². The van der Waals surface area contributed by atoms with Crippen molar-refractivity contribution in [3.63, 3.8) is 0 Å². The van der Waals surface area contributed by atoms with Crippen molar-refractivity contribution in [2.75, 3.05) is 11.1 Å². The summed E-state index contributed by atoms with van der Waals surface area (Å²) in [6.07, 6.45) is 1.27. The maximum Gasteiger partial charge on any atom is 0.338 e. The lowest BCUT2D eigenvalue weighted by molar-refractivity contribution is -0.137. The zero-order valence-corrected chi connectivity index (χ0v) is 28.6. The molecule has 6 N–H and O–H groups in total. The highest BCUT2D eigenvalue weighted by Gasteiger charge is 2.18. The van der Waals surface area contributed by atoms with Crippen molar-refractivity contribution in [2.45, 2.75) is 25.7 Å². The fourth-order valence-corrected chi connectivity index (χ4v) is 5.29. The van der Waals surface area contributed by atoms with Crippen LogP contribution in [-0.2, 0) is 22.4 Å². The van der Waals surface area contributed by atoms with E-state index in [1.54, 1.807) is 12.1 Å². The Bertz CT molecular complexity index is 1770. The van der Waals surface area contributed by atoms with Gasteiger partial charge in [-0.3, -0.25) is 9.59 Å². The number of carboxylic acid groups (broad SMARTS) is 3. The molecular formula is C32H26Cl6N2O7. The summed E-state index contributed by atoms with van der Waals surface area (Å²) in [4.78, 5) is 44.0. The van der Waals surface area contributed by atoms with Crippen LogP contribution in [0.2, 0.25) is 30.1 Å². The van der Waals surface area contributed by atoms with E-state index in [-0.39, 0.29) is 61.3 Å². The second kappa shape index (κ2) is 19.2. The van der Waals surface area contributed by atoms with Crippen LogP contribution in [0, 0.1) is 0 Å². The third-order valence-corrected chi connectivity index (χ3v) is 8.23. The number of nitrogen functional groups attached to an aromatic ring is 1. The zero-order valence-electron chi connectivity index (χ0n) is 24.1. The maximum atomic E-state index is 12.0. The van der Waals surface area contributed by atoms with E-state index in [2.05, 4.69) is 5.32 Å². The van der Waals surface area contributed by atoms with Crippen LogP contribution >= 0.6 is 69.6 Å². The Morgan fingerprint density at radius 1 is 0.574 bits per heavy atom. The molecule has 0 spiro atoms. The van der Waals surface area contributed by atoms with E-state index in [0.29, 0.717) is 22.9 Å². The first-order valence-corrected chi connectivity index (χ1v) is 15.6. The van der Waals surface area contributed by atoms with Gasteiger partial charge in [-0.2, -0.15) is 0 Å². The van der Waals surface area contributed by atoms with Gasteiger partial charge in [0.15, 0.2) is 0 Å². The number of hydrogen-bond acceptors (Lipinski definition) is 5. The summed E-state index contributed by atoms with van der Waals surface area (Å²) in [6.45, 7) is 0. The third kappa shape index (κ3) is 12.4. The average molecular weight is 763 g/mol. The number of halogens is 6. The molecule has 0 aliphatic carbocycles. The van der Waals surface area contributed by atoms with Crippen LogP contribution < -0.4 is 11.1 Å². The summed E-state index contributed by atoms with van der Waals surface area (Å²) in [5.41, 5.74) is 7.14. The van der Waals surface area contributed by atoms with Gasteiger partial charge in [-0.25, -0.2) is 9.59 Å². The Morgan fingerprint density at radius 3 is 1.47 bits per heavy atom. The maximum absolute atomic E-state index is 12.0. The van der Waals surface area contributed by atoms with Gasteiger partial charge in [-0.15, -0.1) is 0 Å². The smallest absolute Gasteiger partial charge is 0.338 e. The lowest BCUT2D eigenvalue weighted by Gasteiger charge is -2.10. The summed E-state index contributed by atoms with van der Waals surface area (Å²) in [6, 6.07) is 20.2. The van der Waals surface area contributed by atoms with Crippen molar-refractivity contribution in [2.24, 2.45) is 0 Å². The fraction of sp³-hybridized carbons (Fsp3) is 0.125. The lowest BCUT2D eigenvalue weighted by Crippen LogP contribution is -2.14. The average Bonchev–Trinajstić information content (AvgIpc) is 3.00. The van der Waals surface area contributed by atoms with Crippen molar-refractivity contribution in [3.8, 4) is 0 Å². The van der Waals surface area contributed by atoms with E-state index < -0.39 is 17.9 Å². The molecule has 0 unspecified atom stereocenters. The Kier molecular flexibility index (Phi) is 16.1. The number of rotatable bonds is 9. The number of nitrogens with two attached hydrogens (primary N) is 1. The number of nitrogens with one attached hydrogen (secondary N) is 1. The third-order valence-electron chi connectivity index (χ3n) is 6.06. The van der Waals surface area contributed by atoms with Gasteiger partial charge >= 0.3 is 17.9 Å². The fourth-order valence-electron chi connectivity index (χ4n) is 3.71. The van der Waals surface area contributed by atoms with E-state index in [1.807, 2.05) is 36.4 Å². The quantitative estimate of drug-likeness (QED) is 0.105. The van der Waals surface area contributed by atoms with Gasteiger partial charge in [0, 0.05) is 22.9 Å². The molecular weight excluding hydrogens is 737 g/mol. The van der Waals surface area contributed by atoms with Crippen molar-refractivity contribution in [3.05, 3.63) is 125 Å². The van der Waals surface area contributed by atoms with Gasteiger partial charge in [-0.05, 0) is 60.4 Å². The van der Waals surface area contributed by atoms with Crippen LogP contribution in [0.1, 0.15) is 44.7 Å². The molecule has 47 heavy (non-hydrogen) atoms. The summed E-state index contributed by atoms with van der Waals surface area (Å²) in [5, 5.41) is 30.0. The molecule has 0 aliphatic rings. The van der Waals surface area contributed by atoms with Gasteiger partial charge < -0.3 is 26.4 Å². The zero-order chi connectivity index (χ0) is 35.3. The van der Waals surface area contributed by atoms with Crippen LogP contribution in [0.3, 0.4) is 0 Å². The highest BCUT2D eigenvalue weighted by Crippen LogP contribution is 2.32. The van der Waals surface area contributed by atoms with E-state index in [0.717, 1.165) is 11.1 Å². The van der Waals surface area contributed by atoms with Gasteiger partial charge in [-0.1, -0.05) is 106 Å². The number of carboxylic acids is 3. The van der Waals surface area contributed by atoms with Gasteiger partial charge in [0.25, 0.3) is 0 Å². The summed E-state index contributed by atoms with van der Waals surface area (Å²) < 4.78 is 0. The second-order valence-corrected chi connectivity index (χ2v) is 11.7. The molecule has 0 aliphatic heterocycles. The molecule has 15 heteroatoms.